The van der Waals surface area contributed by atoms with Gasteiger partial charge in [0, 0.05) is 18.3 Å². The second-order valence-electron chi connectivity index (χ2n) is 5.08. The molecular formula is C14H20ClN3O. The molecule has 3 N–H and O–H groups in total. The van der Waals surface area contributed by atoms with Crippen molar-refractivity contribution < 1.29 is 4.79 Å². The third kappa shape index (κ3) is 3.61. The summed E-state index contributed by atoms with van der Waals surface area (Å²) in [5.74, 6) is -0.135. The highest BCUT2D eigenvalue weighted by atomic mass is 35.5. The van der Waals surface area contributed by atoms with Gasteiger partial charge in [-0.25, -0.2) is 0 Å². The molecule has 0 radical (unpaired) electrons. The van der Waals surface area contributed by atoms with Crippen LogP contribution in [0.25, 0.3) is 0 Å². The fraction of sp³-hybridized carbons (Fsp3) is 0.500. The summed E-state index contributed by atoms with van der Waals surface area (Å²) in [6.07, 6.45) is 3.60. The molecule has 1 aromatic rings. The minimum absolute atomic E-state index is 0.135. The molecular weight excluding hydrogens is 262 g/mol. The number of hydrogen-bond donors (Lipinski definition) is 2. The molecule has 4 nitrogen and oxygen atoms in total. The first kappa shape index (κ1) is 14.2. The summed E-state index contributed by atoms with van der Waals surface area (Å²) in [5, 5.41) is 3.35. The van der Waals surface area contributed by atoms with E-state index < -0.39 is 0 Å². The number of hydrogen-bond acceptors (Lipinski definition) is 3. The number of nitrogens with two attached hydrogens (primary N) is 1. The summed E-state index contributed by atoms with van der Waals surface area (Å²) in [4.78, 5) is 14.4. The van der Waals surface area contributed by atoms with Crippen LogP contribution < -0.4 is 11.1 Å². The van der Waals surface area contributed by atoms with E-state index in [2.05, 4.69) is 17.3 Å². The molecule has 1 amide bonds. The quantitative estimate of drug-likeness (QED) is 0.835. The van der Waals surface area contributed by atoms with E-state index in [1.54, 1.807) is 18.2 Å². The molecule has 1 aromatic carbocycles. The van der Waals surface area contributed by atoms with Crippen molar-refractivity contribution in [3.05, 3.63) is 28.8 Å². The van der Waals surface area contributed by atoms with E-state index in [4.69, 9.17) is 17.3 Å². The summed E-state index contributed by atoms with van der Waals surface area (Å²) in [6, 6.07) is 5.37. The predicted octanol–water partition coefficient (Wildman–Crippen LogP) is 2.14. The van der Waals surface area contributed by atoms with E-state index in [9.17, 15) is 4.79 Å². The van der Waals surface area contributed by atoms with E-state index >= 15 is 0 Å². The van der Waals surface area contributed by atoms with E-state index in [-0.39, 0.29) is 5.91 Å². The van der Waals surface area contributed by atoms with Crippen molar-refractivity contribution in [2.75, 3.05) is 25.9 Å². The Labute approximate surface area is 118 Å². The first-order valence-electron chi connectivity index (χ1n) is 6.61. The lowest BCUT2D eigenvalue weighted by atomic mass is 10.0. The molecule has 0 aliphatic carbocycles. The van der Waals surface area contributed by atoms with Gasteiger partial charge >= 0.3 is 0 Å². The fourth-order valence-corrected chi connectivity index (χ4v) is 2.70. The van der Waals surface area contributed by atoms with Gasteiger partial charge in [-0.05, 0) is 44.6 Å². The van der Waals surface area contributed by atoms with Gasteiger partial charge in [0.25, 0.3) is 5.91 Å². The van der Waals surface area contributed by atoms with E-state index in [0.29, 0.717) is 28.9 Å². The zero-order chi connectivity index (χ0) is 13.8. The average Bonchev–Trinajstić information content (AvgIpc) is 2.37. The monoisotopic (exact) mass is 281 g/mol. The Morgan fingerprint density at radius 3 is 3.00 bits per heavy atom. The van der Waals surface area contributed by atoms with Crippen LogP contribution >= 0.6 is 11.6 Å². The lowest BCUT2D eigenvalue weighted by Gasteiger charge is -2.32. The second-order valence-corrected chi connectivity index (χ2v) is 5.49. The summed E-state index contributed by atoms with van der Waals surface area (Å²) < 4.78 is 0. The highest BCUT2D eigenvalue weighted by Crippen LogP contribution is 2.19. The molecule has 1 aliphatic rings. The first-order valence-corrected chi connectivity index (χ1v) is 6.99. The molecule has 1 heterocycles. The van der Waals surface area contributed by atoms with Crippen LogP contribution in [0.4, 0.5) is 5.69 Å². The maximum Gasteiger partial charge on any atom is 0.252 e. The lowest BCUT2D eigenvalue weighted by Crippen LogP contribution is -2.44. The van der Waals surface area contributed by atoms with Gasteiger partial charge in [0.05, 0.1) is 10.6 Å². The van der Waals surface area contributed by atoms with Crippen LogP contribution in [0.5, 0.6) is 0 Å². The van der Waals surface area contributed by atoms with Crippen molar-refractivity contribution in [3.63, 3.8) is 0 Å². The van der Waals surface area contributed by atoms with E-state index in [1.807, 2.05) is 0 Å². The Bertz CT molecular complexity index is 464. The Morgan fingerprint density at radius 2 is 2.32 bits per heavy atom. The van der Waals surface area contributed by atoms with Gasteiger partial charge in [-0.15, -0.1) is 0 Å². The Morgan fingerprint density at radius 1 is 1.53 bits per heavy atom. The van der Waals surface area contributed by atoms with Crippen molar-refractivity contribution in [2.45, 2.75) is 25.3 Å². The number of likely N-dealkylation sites (tertiary alicyclic amines) is 1. The number of rotatable bonds is 3. The first-order chi connectivity index (χ1) is 9.08. The maximum absolute atomic E-state index is 12.1. The van der Waals surface area contributed by atoms with Crippen LogP contribution in [-0.4, -0.2) is 37.0 Å². The Kier molecular flexibility index (Phi) is 4.66. The van der Waals surface area contributed by atoms with Crippen molar-refractivity contribution in [2.24, 2.45) is 0 Å². The SMILES string of the molecule is CN1CCCCC1CNC(=O)c1ccc(N)cc1Cl. The molecule has 0 bridgehead atoms. The van der Waals surface area contributed by atoms with Gasteiger partial charge in [0.2, 0.25) is 0 Å². The molecule has 0 aromatic heterocycles. The second kappa shape index (κ2) is 6.26. The number of nitrogen functional groups attached to an aromatic ring is 1. The molecule has 1 fully saturated rings. The average molecular weight is 282 g/mol. The third-order valence-electron chi connectivity index (χ3n) is 3.66. The van der Waals surface area contributed by atoms with Gasteiger partial charge in [-0.1, -0.05) is 18.0 Å². The standard InChI is InChI=1S/C14H20ClN3O/c1-18-7-3-2-4-11(18)9-17-14(19)12-6-5-10(16)8-13(12)15/h5-6,8,11H,2-4,7,9,16H2,1H3,(H,17,19). The number of benzene rings is 1. The van der Waals surface area contributed by atoms with Crippen molar-refractivity contribution in [1.82, 2.24) is 10.2 Å². The highest BCUT2D eigenvalue weighted by molar-refractivity contribution is 6.34. The summed E-state index contributed by atoms with van der Waals surface area (Å²) in [6.45, 7) is 1.76. The number of carbonyl (C=O) groups is 1. The molecule has 104 valence electrons. The van der Waals surface area contributed by atoms with Gasteiger partial charge in [-0.2, -0.15) is 0 Å². The van der Waals surface area contributed by atoms with Gasteiger partial charge in [-0.3, -0.25) is 4.79 Å². The maximum atomic E-state index is 12.1. The topological polar surface area (TPSA) is 58.4 Å². The number of carbonyl (C=O) groups excluding carboxylic acids is 1. The molecule has 1 unspecified atom stereocenters. The zero-order valence-electron chi connectivity index (χ0n) is 11.2. The van der Waals surface area contributed by atoms with E-state index in [1.165, 1.54) is 12.8 Å². The lowest BCUT2D eigenvalue weighted by molar-refractivity contribution is 0.0928. The Hall–Kier alpha value is -1.26. The van der Waals surface area contributed by atoms with Crippen molar-refractivity contribution >= 4 is 23.2 Å². The summed E-state index contributed by atoms with van der Waals surface area (Å²) >= 11 is 6.02. The number of halogens is 1. The molecule has 1 saturated heterocycles. The van der Waals surface area contributed by atoms with Crippen LogP contribution in [0.3, 0.4) is 0 Å². The van der Waals surface area contributed by atoms with Crippen LogP contribution in [-0.2, 0) is 0 Å². The summed E-state index contributed by atoms with van der Waals surface area (Å²) in [7, 11) is 2.10. The highest BCUT2D eigenvalue weighted by Gasteiger charge is 2.20. The number of piperidine rings is 1. The van der Waals surface area contributed by atoms with Crippen LogP contribution in [0, 0.1) is 0 Å². The number of nitrogens with one attached hydrogen (secondary N) is 1. The molecule has 1 aliphatic heterocycles. The molecule has 0 spiro atoms. The number of amides is 1. The molecule has 2 rings (SSSR count). The number of nitrogens with zero attached hydrogens (tertiary/aromatic N) is 1. The van der Waals surface area contributed by atoms with Gasteiger partial charge in [0.1, 0.15) is 0 Å². The number of anilines is 1. The van der Waals surface area contributed by atoms with Gasteiger partial charge in [0.15, 0.2) is 0 Å². The van der Waals surface area contributed by atoms with E-state index in [0.717, 1.165) is 13.0 Å². The molecule has 1 atom stereocenters. The van der Waals surface area contributed by atoms with Crippen LogP contribution in [0.15, 0.2) is 18.2 Å². The predicted molar refractivity (Wildman–Crippen MR) is 78.5 cm³/mol. The fourth-order valence-electron chi connectivity index (χ4n) is 2.42. The smallest absolute Gasteiger partial charge is 0.252 e. The minimum Gasteiger partial charge on any atom is -0.399 e. The van der Waals surface area contributed by atoms with Crippen molar-refractivity contribution in [1.29, 1.82) is 0 Å². The normalized spacial score (nSPS) is 20.2. The summed E-state index contributed by atoms with van der Waals surface area (Å²) in [5.41, 5.74) is 6.66. The molecule has 19 heavy (non-hydrogen) atoms. The Balaban J connectivity index is 1.93. The van der Waals surface area contributed by atoms with Gasteiger partial charge < -0.3 is 16.0 Å². The minimum atomic E-state index is -0.135. The molecule has 0 saturated carbocycles. The largest absolute Gasteiger partial charge is 0.399 e. The van der Waals surface area contributed by atoms with Crippen molar-refractivity contribution in [3.8, 4) is 0 Å². The zero-order valence-corrected chi connectivity index (χ0v) is 11.9. The third-order valence-corrected chi connectivity index (χ3v) is 3.97. The number of likely N-dealkylation sites (N-methyl/N-ethyl adjacent to an activating group) is 1. The van der Waals surface area contributed by atoms with Crippen LogP contribution in [0.2, 0.25) is 5.02 Å². The molecule has 5 heteroatoms. The van der Waals surface area contributed by atoms with Crippen LogP contribution in [0.1, 0.15) is 29.6 Å².